The normalized spacial score (nSPS) is 15.2. The Labute approximate surface area is 172 Å². The molecule has 6 nitrogen and oxygen atoms in total. The van der Waals surface area contributed by atoms with Crippen molar-refractivity contribution < 1.29 is 4.79 Å². The lowest BCUT2D eigenvalue weighted by atomic mass is 10.2. The number of anilines is 1. The van der Waals surface area contributed by atoms with Crippen molar-refractivity contribution in [3.8, 4) is 0 Å². The summed E-state index contributed by atoms with van der Waals surface area (Å²) in [5.74, 6) is 0.838. The van der Waals surface area contributed by atoms with Crippen molar-refractivity contribution in [3.63, 3.8) is 0 Å². The molecular formula is C20H22ClN5OS. The highest BCUT2D eigenvalue weighted by Crippen LogP contribution is 2.22. The molecule has 0 bridgehead atoms. The van der Waals surface area contributed by atoms with Gasteiger partial charge in [0.1, 0.15) is 5.82 Å². The molecule has 0 aromatic carbocycles. The molecule has 1 fully saturated rings. The van der Waals surface area contributed by atoms with E-state index in [0.717, 1.165) is 29.4 Å². The van der Waals surface area contributed by atoms with E-state index >= 15 is 0 Å². The van der Waals surface area contributed by atoms with Crippen molar-refractivity contribution >= 4 is 45.7 Å². The summed E-state index contributed by atoms with van der Waals surface area (Å²) in [6, 6.07) is 4.07. The Kier molecular flexibility index (Phi) is 5.92. The zero-order chi connectivity index (χ0) is 19.3. The van der Waals surface area contributed by atoms with Crippen LogP contribution in [-0.2, 0) is 11.3 Å². The molecule has 0 radical (unpaired) electrons. The van der Waals surface area contributed by atoms with Crippen molar-refractivity contribution in [1.82, 2.24) is 19.7 Å². The summed E-state index contributed by atoms with van der Waals surface area (Å²) < 4.78 is 1.86. The highest BCUT2D eigenvalue weighted by Gasteiger charge is 2.11. The van der Waals surface area contributed by atoms with Crippen LogP contribution < -0.4 is 10.2 Å². The number of carbonyl (C=O) groups is 1. The molecule has 146 valence electrons. The Balaban J connectivity index is 1.33. The second-order valence-corrected chi connectivity index (χ2v) is 8.05. The second kappa shape index (κ2) is 8.75. The van der Waals surface area contributed by atoms with E-state index in [1.807, 2.05) is 34.3 Å². The zero-order valence-corrected chi connectivity index (χ0v) is 17.0. The molecule has 28 heavy (non-hydrogen) atoms. The summed E-state index contributed by atoms with van der Waals surface area (Å²) in [4.78, 5) is 24.1. The Morgan fingerprint density at radius 2 is 2.07 bits per heavy atom. The quantitative estimate of drug-likeness (QED) is 0.636. The van der Waals surface area contributed by atoms with E-state index in [9.17, 15) is 4.79 Å². The average Bonchev–Trinajstić information content (AvgIpc) is 3.14. The van der Waals surface area contributed by atoms with Gasteiger partial charge in [0, 0.05) is 43.5 Å². The standard InChI is InChI=1S/C20H22ClN5OS/c21-19-16(26-11-12-28-20(26)24-19)6-8-18(27)23-14-15-5-7-17(22-13-15)25-9-3-1-2-4-10-25/h5-8,11-13H,1-4,9-10,14H2,(H,23,27)/b8-6+. The summed E-state index contributed by atoms with van der Waals surface area (Å²) in [7, 11) is 0. The molecule has 0 saturated carbocycles. The molecule has 1 aliphatic rings. The topological polar surface area (TPSA) is 62.5 Å². The first-order valence-electron chi connectivity index (χ1n) is 9.47. The third-order valence-electron chi connectivity index (χ3n) is 4.85. The number of thiazole rings is 1. The summed E-state index contributed by atoms with van der Waals surface area (Å²) in [5.41, 5.74) is 1.68. The number of imidazole rings is 1. The van der Waals surface area contributed by atoms with Crippen LogP contribution in [0.25, 0.3) is 11.0 Å². The molecule has 1 aliphatic heterocycles. The number of aromatic nitrogens is 3. The molecule has 4 rings (SSSR count). The van der Waals surface area contributed by atoms with Crippen LogP contribution >= 0.6 is 22.9 Å². The number of amides is 1. The summed E-state index contributed by atoms with van der Waals surface area (Å²) in [6.07, 6.45) is 11.9. The SMILES string of the molecule is O=C(/C=C/c1c(Cl)nc2sccn12)NCc1ccc(N2CCCCCC2)nc1. The molecule has 0 aliphatic carbocycles. The fourth-order valence-electron chi connectivity index (χ4n) is 3.34. The second-order valence-electron chi connectivity index (χ2n) is 6.82. The maximum absolute atomic E-state index is 12.2. The van der Waals surface area contributed by atoms with Gasteiger partial charge in [-0.25, -0.2) is 9.97 Å². The number of halogens is 1. The number of nitrogens with one attached hydrogen (secondary N) is 1. The number of carbonyl (C=O) groups excluding carboxylic acids is 1. The Morgan fingerprint density at radius 1 is 1.25 bits per heavy atom. The van der Waals surface area contributed by atoms with Gasteiger partial charge in [0.15, 0.2) is 10.1 Å². The minimum absolute atomic E-state index is 0.183. The van der Waals surface area contributed by atoms with Crippen LogP contribution in [0.1, 0.15) is 36.9 Å². The van der Waals surface area contributed by atoms with Crippen LogP contribution in [0.3, 0.4) is 0 Å². The van der Waals surface area contributed by atoms with Crippen LogP contribution in [0.15, 0.2) is 36.0 Å². The third-order valence-corrected chi connectivity index (χ3v) is 5.89. The largest absolute Gasteiger partial charge is 0.357 e. The monoisotopic (exact) mass is 415 g/mol. The van der Waals surface area contributed by atoms with Crippen molar-refractivity contribution in [2.75, 3.05) is 18.0 Å². The van der Waals surface area contributed by atoms with E-state index in [0.29, 0.717) is 17.4 Å². The predicted octanol–water partition coefficient (Wildman–Crippen LogP) is 4.15. The van der Waals surface area contributed by atoms with Gasteiger partial charge in [0.25, 0.3) is 0 Å². The zero-order valence-electron chi connectivity index (χ0n) is 15.5. The Hall–Kier alpha value is -2.38. The first kappa shape index (κ1) is 19.0. The minimum Gasteiger partial charge on any atom is -0.357 e. The van der Waals surface area contributed by atoms with Crippen LogP contribution in [0.5, 0.6) is 0 Å². The van der Waals surface area contributed by atoms with E-state index in [2.05, 4.69) is 20.2 Å². The van der Waals surface area contributed by atoms with E-state index in [1.165, 1.54) is 43.1 Å². The number of rotatable bonds is 5. The van der Waals surface area contributed by atoms with Gasteiger partial charge in [0.05, 0.1) is 5.69 Å². The van der Waals surface area contributed by atoms with Gasteiger partial charge >= 0.3 is 0 Å². The Bertz CT molecular complexity index is 970. The number of pyridine rings is 1. The average molecular weight is 416 g/mol. The molecule has 4 heterocycles. The first-order chi connectivity index (χ1) is 13.7. The van der Waals surface area contributed by atoms with Crippen molar-refractivity contribution in [1.29, 1.82) is 0 Å². The summed E-state index contributed by atoms with van der Waals surface area (Å²) >= 11 is 7.63. The van der Waals surface area contributed by atoms with E-state index in [1.54, 1.807) is 6.08 Å². The van der Waals surface area contributed by atoms with Gasteiger partial charge in [-0.15, -0.1) is 11.3 Å². The van der Waals surface area contributed by atoms with Crippen LogP contribution in [0.2, 0.25) is 5.15 Å². The Morgan fingerprint density at radius 3 is 2.82 bits per heavy atom. The number of hydrogen-bond acceptors (Lipinski definition) is 5. The minimum atomic E-state index is -0.183. The number of fused-ring (bicyclic) bond motifs is 1. The molecule has 0 atom stereocenters. The van der Waals surface area contributed by atoms with Gasteiger partial charge < -0.3 is 10.2 Å². The van der Waals surface area contributed by atoms with Gasteiger partial charge in [-0.2, -0.15) is 0 Å². The maximum Gasteiger partial charge on any atom is 0.244 e. The van der Waals surface area contributed by atoms with Gasteiger partial charge in [-0.1, -0.05) is 30.5 Å². The number of nitrogens with zero attached hydrogens (tertiary/aromatic N) is 4. The lowest BCUT2D eigenvalue weighted by molar-refractivity contribution is -0.116. The fourth-order valence-corrected chi connectivity index (χ4v) is 4.34. The van der Waals surface area contributed by atoms with E-state index in [-0.39, 0.29) is 5.91 Å². The van der Waals surface area contributed by atoms with E-state index in [4.69, 9.17) is 11.6 Å². The third kappa shape index (κ3) is 4.36. The van der Waals surface area contributed by atoms with Crippen molar-refractivity contribution in [2.45, 2.75) is 32.2 Å². The summed E-state index contributed by atoms with van der Waals surface area (Å²) in [5, 5.41) is 5.20. The van der Waals surface area contributed by atoms with Crippen LogP contribution in [0.4, 0.5) is 5.82 Å². The highest BCUT2D eigenvalue weighted by atomic mass is 35.5. The predicted molar refractivity (Wildman–Crippen MR) is 114 cm³/mol. The van der Waals surface area contributed by atoms with Gasteiger partial charge in [-0.3, -0.25) is 9.20 Å². The molecule has 1 N–H and O–H groups in total. The van der Waals surface area contributed by atoms with E-state index < -0.39 is 0 Å². The molecule has 1 amide bonds. The molecule has 1 saturated heterocycles. The molecule has 3 aromatic rings. The fraction of sp³-hybridized carbons (Fsp3) is 0.350. The smallest absolute Gasteiger partial charge is 0.244 e. The van der Waals surface area contributed by atoms with Gasteiger partial charge in [-0.05, 0) is 30.5 Å². The molecular weight excluding hydrogens is 394 g/mol. The lowest BCUT2D eigenvalue weighted by Crippen LogP contribution is -2.25. The maximum atomic E-state index is 12.2. The lowest BCUT2D eigenvalue weighted by Gasteiger charge is -2.21. The van der Waals surface area contributed by atoms with Gasteiger partial charge in [0.2, 0.25) is 5.91 Å². The number of hydrogen-bond donors (Lipinski definition) is 1. The summed E-state index contributed by atoms with van der Waals surface area (Å²) in [6.45, 7) is 2.58. The first-order valence-corrected chi connectivity index (χ1v) is 10.7. The highest BCUT2D eigenvalue weighted by molar-refractivity contribution is 7.15. The molecule has 3 aromatic heterocycles. The van der Waals surface area contributed by atoms with Crippen molar-refractivity contribution in [2.24, 2.45) is 0 Å². The van der Waals surface area contributed by atoms with Crippen LogP contribution in [-0.4, -0.2) is 33.4 Å². The molecule has 0 spiro atoms. The molecule has 0 unspecified atom stereocenters. The van der Waals surface area contributed by atoms with Crippen LogP contribution in [0, 0.1) is 0 Å². The molecule has 8 heteroatoms. The van der Waals surface area contributed by atoms with Crippen molar-refractivity contribution in [3.05, 3.63) is 52.4 Å².